The third-order valence-electron chi connectivity index (χ3n) is 4.25. The van der Waals surface area contributed by atoms with Gasteiger partial charge in [-0.2, -0.15) is 0 Å². The summed E-state index contributed by atoms with van der Waals surface area (Å²) < 4.78 is 0. The number of nitrogens with two attached hydrogens (primary N) is 1. The molecule has 2 aromatic carbocycles. The Balaban J connectivity index is 1.74. The van der Waals surface area contributed by atoms with E-state index in [9.17, 15) is 4.79 Å². The van der Waals surface area contributed by atoms with Gasteiger partial charge in [0.05, 0.1) is 5.69 Å². The molecule has 0 saturated carbocycles. The second kappa shape index (κ2) is 5.83. The van der Waals surface area contributed by atoms with Gasteiger partial charge in [-0.05, 0) is 42.8 Å². The largest absolute Gasteiger partial charge is 0.398 e. The molecule has 4 rings (SSSR count). The Bertz CT molecular complexity index is 1130. The fourth-order valence-corrected chi connectivity index (χ4v) is 2.83. The number of fused-ring (bicyclic) bond motifs is 1. The number of H-pyrrole nitrogens is 2. The molecule has 0 amide bonds. The molecule has 6 heteroatoms. The number of rotatable bonds is 3. The minimum Gasteiger partial charge on any atom is -0.398 e. The maximum absolute atomic E-state index is 12.2. The standard InChI is InChI=1S/C19H17N5O/c1-11-14(3-2-4-15(11)20)17-10-22-19(25)18(24-17)23-13-5-6-16-12(9-13)7-8-21-16/h2-10,21H,20H2,1H3,(H,22,25)(H,23,24). The van der Waals surface area contributed by atoms with E-state index >= 15 is 0 Å². The first-order chi connectivity index (χ1) is 12.1. The Hall–Kier alpha value is -3.54. The van der Waals surface area contributed by atoms with Crippen LogP contribution < -0.4 is 16.6 Å². The lowest BCUT2D eigenvalue weighted by Gasteiger charge is -2.10. The van der Waals surface area contributed by atoms with Gasteiger partial charge in [0.2, 0.25) is 0 Å². The molecule has 0 aliphatic heterocycles. The highest BCUT2D eigenvalue weighted by Gasteiger charge is 2.10. The van der Waals surface area contributed by atoms with Gasteiger partial charge >= 0.3 is 0 Å². The van der Waals surface area contributed by atoms with Gasteiger partial charge in [-0.15, -0.1) is 0 Å². The summed E-state index contributed by atoms with van der Waals surface area (Å²) in [5.74, 6) is 0.245. The quantitative estimate of drug-likeness (QED) is 0.431. The lowest BCUT2D eigenvalue weighted by atomic mass is 10.0. The van der Waals surface area contributed by atoms with E-state index in [1.807, 2.05) is 55.6 Å². The number of nitrogen functional groups attached to an aromatic ring is 1. The summed E-state index contributed by atoms with van der Waals surface area (Å²) >= 11 is 0. The van der Waals surface area contributed by atoms with Crippen LogP contribution in [0.15, 0.2) is 59.7 Å². The molecule has 0 aliphatic carbocycles. The van der Waals surface area contributed by atoms with Crippen LogP contribution in [0.1, 0.15) is 5.56 Å². The molecule has 0 unspecified atom stereocenters. The fourth-order valence-electron chi connectivity index (χ4n) is 2.83. The highest BCUT2D eigenvalue weighted by atomic mass is 16.1. The van der Waals surface area contributed by atoms with Gasteiger partial charge in [0.25, 0.3) is 5.56 Å². The van der Waals surface area contributed by atoms with Crippen LogP contribution in [0.25, 0.3) is 22.2 Å². The summed E-state index contributed by atoms with van der Waals surface area (Å²) in [5.41, 5.74) is 10.7. The number of hydrogen-bond acceptors (Lipinski definition) is 4. The topological polar surface area (TPSA) is 99.6 Å². The second-order valence-electron chi connectivity index (χ2n) is 5.89. The summed E-state index contributed by atoms with van der Waals surface area (Å²) in [6, 6.07) is 13.4. The van der Waals surface area contributed by atoms with Crippen LogP contribution in [0.2, 0.25) is 0 Å². The average Bonchev–Trinajstić information content (AvgIpc) is 3.07. The number of nitrogens with one attached hydrogen (secondary N) is 3. The molecule has 2 aromatic heterocycles. The van der Waals surface area contributed by atoms with Crippen molar-refractivity contribution in [2.24, 2.45) is 0 Å². The van der Waals surface area contributed by atoms with E-state index in [0.29, 0.717) is 11.4 Å². The van der Waals surface area contributed by atoms with E-state index in [4.69, 9.17) is 5.73 Å². The Kier molecular flexibility index (Phi) is 3.50. The van der Waals surface area contributed by atoms with E-state index in [-0.39, 0.29) is 11.4 Å². The van der Waals surface area contributed by atoms with Gasteiger partial charge in [0.1, 0.15) is 0 Å². The highest BCUT2D eigenvalue weighted by molar-refractivity contribution is 5.83. The van der Waals surface area contributed by atoms with Crippen LogP contribution in [-0.2, 0) is 0 Å². The Morgan fingerprint density at radius 1 is 1.12 bits per heavy atom. The van der Waals surface area contributed by atoms with Gasteiger partial charge in [-0.1, -0.05) is 12.1 Å². The number of benzene rings is 2. The first-order valence-corrected chi connectivity index (χ1v) is 7.91. The molecular weight excluding hydrogens is 314 g/mol. The molecule has 0 aliphatic rings. The minimum absolute atomic E-state index is 0.245. The molecule has 0 atom stereocenters. The van der Waals surface area contributed by atoms with Crippen LogP contribution in [0.4, 0.5) is 17.2 Å². The Morgan fingerprint density at radius 2 is 2.00 bits per heavy atom. The molecule has 25 heavy (non-hydrogen) atoms. The summed E-state index contributed by atoms with van der Waals surface area (Å²) in [7, 11) is 0. The maximum Gasteiger partial charge on any atom is 0.291 e. The fraction of sp³-hybridized carbons (Fsp3) is 0.0526. The first-order valence-electron chi connectivity index (χ1n) is 7.91. The van der Waals surface area contributed by atoms with Crippen LogP contribution in [0, 0.1) is 6.92 Å². The van der Waals surface area contributed by atoms with Crippen molar-refractivity contribution < 1.29 is 0 Å². The summed E-state index contributed by atoms with van der Waals surface area (Å²) in [6.45, 7) is 1.93. The zero-order valence-electron chi connectivity index (χ0n) is 13.6. The molecule has 124 valence electrons. The molecule has 0 spiro atoms. The van der Waals surface area contributed by atoms with Crippen molar-refractivity contribution in [1.29, 1.82) is 0 Å². The van der Waals surface area contributed by atoms with Crippen LogP contribution >= 0.6 is 0 Å². The molecule has 0 bridgehead atoms. The second-order valence-corrected chi connectivity index (χ2v) is 5.89. The summed E-state index contributed by atoms with van der Waals surface area (Å²) in [4.78, 5) is 22.5. The smallest absolute Gasteiger partial charge is 0.291 e. The molecule has 4 aromatic rings. The van der Waals surface area contributed by atoms with Gasteiger partial charge in [-0.25, -0.2) is 4.98 Å². The lowest BCUT2D eigenvalue weighted by Crippen LogP contribution is -2.14. The predicted molar refractivity (Wildman–Crippen MR) is 101 cm³/mol. The third-order valence-corrected chi connectivity index (χ3v) is 4.25. The van der Waals surface area contributed by atoms with Crippen molar-refractivity contribution >= 4 is 28.1 Å². The molecule has 0 saturated heterocycles. The Labute approximate surface area is 143 Å². The van der Waals surface area contributed by atoms with Crippen molar-refractivity contribution in [3.63, 3.8) is 0 Å². The maximum atomic E-state index is 12.2. The lowest BCUT2D eigenvalue weighted by molar-refractivity contribution is 1.14. The van der Waals surface area contributed by atoms with Crippen LogP contribution in [-0.4, -0.2) is 15.0 Å². The van der Waals surface area contributed by atoms with Gasteiger partial charge in [0.15, 0.2) is 5.82 Å². The van der Waals surface area contributed by atoms with E-state index in [0.717, 1.165) is 27.7 Å². The highest BCUT2D eigenvalue weighted by Crippen LogP contribution is 2.26. The van der Waals surface area contributed by atoms with E-state index in [2.05, 4.69) is 20.3 Å². The average molecular weight is 331 g/mol. The van der Waals surface area contributed by atoms with Crippen molar-refractivity contribution in [3.8, 4) is 11.3 Å². The molecule has 0 radical (unpaired) electrons. The van der Waals surface area contributed by atoms with Crippen molar-refractivity contribution in [1.82, 2.24) is 15.0 Å². The van der Waals surface area contributed by atoms with E-state index in [1.165, 1.54) is 0 Å². The first kappa shape index (κ1) is 15.0. The van der Waals surface area contributed by atoms with E-state index < -0.39 is 0 Å². The minimum atomic E-state index is -0.278. The number of anilines is 3. The zero-order valence-corrected chi connectivity index (χ0v) is 13.6. The Morgan fingerprint density at radius 3 is 2.88 bits per heavy atom. The SMILES string of the molecule is Cc1c(N)cccc1-c1c[nH]c(=O)c(Nc2ccc3[nH]ccc3c2)n1. The van der Waals surface area contributed by atoms with Crippen LogP contribution in [0.3, 0.4) is 0 Å². The van der Waals surface area contributed by atoms with Gasteiger partial charge in [0, 0.05) is 40.2 Å². The van der Waals surface area contributed by atoms with Crippen molar-refractivity contribution in [2.45, 2.75) is 6.92 Å². The van der Waals surface area contributed by atoms with Gasteiger partial charge in [-0.3, -0.25) is 4.79 Å². The van der Waals surface area contributed by atoms with Crippen molar-refractivity contribution in [3.05, 3.63) is 70.8 Å². The van der Waals surface area contributed by atoms with Crippen molar-refractivity contribution in [2.75, 3.05) is 11.1 Å². The zero-order chi connectivity index (χ0) is 17.4. The van der Waals surface area contributed by atoms with Gasteiger partial charge < -0.3 is 21.0 Å². The summed E-state index contributed by atoms with van der Waals surface area (Å²) in [6.07, 6.45) is 3.48. The number of aromatic amines is 2. The predicted octanol–water partition coefficient (Wildman–Crippen LogP) is 3.55. The molecule has 6 nitrogen and oxygen atoms in total. The normalized spacial score (nSPS) is 10.9. The molecular formula is C19H17N5O. The van der Waals surface area contributed by atoms with E-state index in [1.54, 1.807) is 6.20 Å². The summed E-state index contributed by atoms with van der Waals surface area (Å²) in [5, 5.41) is 4.16. The monoisotopic (exact) mass is 331 g/mol. The molecule has 2 heterocycles. The number of aromatic nitrogens is 3. The number of hydrogen-bond donors (Lipinski definition) is 4. The third kappa shape index (κ3) is 2.74. The molecule has 5 N–H and O–H groups in total. The van der Waals surface area contributed by atoms with Crippen LogP contribution in [0.5, 0.6) is 0 Å². The number of nitrogens with zero attached hydrogens (tertiary/aromatic N) is 1. The molecule has 0 fully saturated rings.